The van der Waals surface area contributed by atoms with Crippen LogP contribution in [0.3, 0.4) is 0 Å². The number of benzene rings is 1. The van der Waals surface area contributed by atoms with Crippen LogP contribution in [0.2, 0.25) is 5.02 Å². The Labute approximate surface area is 120 Å². The van der Waals surface area contributed by atoms with Crippen molar-refractivity contribution in [3.05, 3.63) is 38.0 Å². The Morgan fingerprint density at radius 1 is 1.26 bits per heavy atom. The molecule has 0 aliphatic rings. The summed E-state index contributed by atoms with van der Waals surface area (Å²) >= 11 is 9.28. The molecule has 96 valence electrons. The second-order valence-electron chi connectivity index (χ2n) is 3.86. The normalized spacial score (nSPS) is 11.1. The highest BCUT2D eigenvalue weighted by molar-refractivity contribution is 9.10. The summed E-state index contributed by atoms with van der Waals surface area (Å²) in [5, 5.41) is 0.604. The molecule has 0 aliphatic heterocycles. The molecule has 0 fully saturated rings. The lowest BCUT2D eigenvalue weighted by Crippen LogP contribution is -2.10. The van der Waals surface area contributed by atoms with Gasteiger partial charge in [0.05, 0.1) is 0 Å². The Bertz CT molecular complexity index is 841. The fraction of sp³-hybridized carbons (Fsp3) is 0. The van der Waals surface area contributed by atoms with E-state index < -0.39 is 0 Å². The van der Waals surface area contributed by atoms with Crippen molar-refractivity contribution in [1.29, 1.82) is 0 Å². The maximum Gasteiger partial charge on any atom is 0.278 e. The molecule has 0 saturated heterocycles. The van der Waals surface area contributed by atoms with Crippen molar-refractivity contribution in [2.75, 3.05) is 5.73 Å². The first-order valence-electron chi connectivity index (χ1n) is 5.25. The van der Waals surface area contributed by atoms with E-state index in [0.717, 1.165) is 10.0 Å². The van der Waals surface area contributed by atoms with Gasteiger partial charge in [0.15, 0.2) is 11.2 Å². The van der Waals surface area contributed by atoms with Crippen molar-refractivity contribution in [2.45, 2.75) is 0 Å². The average molecular weight is 341 g/mol. The van der Waals surface area contributed by atoms with Crippen LogP contribution in [0.15, 0.2) is 27.5 Å². The summed E-state index contributed by atoms with van der Waals surface area (Å²) in [6, 6.07) is 5.28. The molecule has 3 aromatic rings. The zero-order chi connectivity index (χ0) is 13.6. The van der Waals surface area contributed by atoms with Gasteiger partial charge in [0, 0.05) is 15.1 Å². The molecular formula is C11H7BrClN5O. The smallest absolute Gasteiger partial charge is 0.278 e. The molecule has 0 amide bonds. The lowest BCUT2D eigenvalue weighted by atomic mass is 10.2. The topological polar surface area (TPSA) is 100 Å². The number of fused-ring (bicyclic) bond motifs is 1. The Kier molecular flexibility index (Phi) is 2.79. The average Bonchev–Trinajstić information content (AvgIpc) is 2.72. The number of nitrogen functional groups attached to an aromatic ring is 1. The third-order valence-corrected chi connectivity index (χ3v) is 3.46. The molecule has 0 radical (unpaired) electrons. The first-order chi connectivity index (χ1) is 9.04. The summed E-state index contributed by atoms with van der Waals surface area (Å²) in [6.45, 7) is 0. The van der Waals surface area contributed by atoms with Crippen LogP contribution in [0.4, 0.5) is 5.95 Å². The summed E-state index contributed by atoms with van der Waals surface area (Å²) in [6.07, 6.45) is 0. The summed E-state index contributed by atoms with van der Waals surface area (Å²) in [5.41, 5.74) is 6.46. The molecule has 19 heavy (non-hydrogen) atoms. The van der Waals surface area contributed by atoms with E-state index in [1.165, 1.54) is 0 Å². The second-order valence-corrected chi connectivity index (χ2v) is 5.15. The lowest BCUT2D eigenvalue weighted by molar-refractivity contribution is 1.17. The number of nitrogens with two attached hydrogens (primary N) is 1. The molecule has 8 heteroatoms. The number of nitrogens with zero attached hydrogens (tertiary/aromatic N) is 2. The van der Waals surface area contributed by atoms with Crippen molar-refractivity contribution in [3.63, 3.8) is 0 Å². The molecule has 0 atom stereocenters. The molecule has 0 bridgehead atoms. The number of rotatable bonds is 1. The number of anilines is 1. The van der Waals surface area contributed by atoms with Gasteiger partial charge in [-0.3, -0.25) is 9.78 Å². The Balaban J connectivity index is 2.26. The van der Waals surface area contributed by atoms with E-state index in [1.807, 2.05) is 0 Å². The number of nitrogens with one attached hydrogen (secondary N) is 2. The first-order valence-corrected chi connectivity index (χ1v) is 6.42. The number of imidazole rings is 1. The molecule has 4 N–H and O–H groups in total. The third kappa shape index (κ3) is 2.11. The van der Waals surface area contributed by atoms with Crippen LogP contribution in [0.5, 0.6) is 0 Å². The number of halogens is 2. The quantitative estimate of drug-likeness (QED) is 0.633. The Hall–Kier alpha value is -1.86. The highest BCUT2D eigenvalue weighted by Crippen LogP contribution is 2.29. The molecule has 2 heterocycles. The van der Waals surface area contributed by atoms with Gasteiger partial charge in [-0.2, -0.15) is 4.98 Å². The third-order valence-electron chi connectivity index (χ3n) is 2.57. The van der Waals surface area contributed by atoms with Crippen LogP contribution in [-0.4, -0.2) is 19.9 Å². The monoisotopic (exact) mass is 339 g/mol. The second kappa shape index (κ2) is 4.36. The van der Waals surface area contributed by atoms with Crippen LogP contribution >= 0.6 is 27.5 Å². The summed E-state index contributed by atoms with van der Waals surface area (Å²) in [5.74, 6) is 0.549. The minimum atomic E-state index is -0.355. The molecule has 0 saturated carbocycles. The zero-order valence-corrected chi connectivity index (χ0v) is 11.7. The van der Waals surface area contributed by atoms with Crippen molar-refractivity contribution in [3.8, 4) is 11.4 Å². The van der Waals surface area contributed by atoms with Gasteiger partial charge in [-0.1, -0.05) is 11.6 Å². The molecule has 2 aromatic heterocycles. The molecule has 0 aliphatic carbocycles. The van der Waals surface area contributed by atoms with Gasteiger partial charge < -0.3 is 10.7 Å². The van der Waals surface area contributed by atoms with Gasteiger partial charge in [-0.25, -0.2) is 4.98 Å². The Morgan fingerprint density at radius 2 is 2.05 bits per heavy atom. The van der Waals surface area contributed by atoms with Gasteiger partial charge in [-0.15, -0.1) is 0 Å². The summed E-state index contributed by atoms with van der Waals surface area (Å²) in [7, 11) is 0. The van der Waals surface area contributed by atoms with E-state index in [9.17, 15) is 4.79 Å². The molecule has 0 spiro atoms. The predicted molar refractivity (Wildman–Crippen MR) is 77.1 cm³/mol. The van der Waals surface area contributed by atoms with E-state index in [2.05, 4.69) is 35.9 Å². The maximum atomic E-state index is 11.7. The van der Waals surface area contributed by atoms with Gasteiger partial charge in [-0.05, 0) is 34.1 Å². The largest absolute Gasteiger partial charge is 0.369 e. The van der Waals surface area contributed by atoms with Crippen LogP contribution in [0, 0.1) is 0 Å². The van der Waals surface area contributed by atoms with Crippen LogP contribution < -0.4 is 11.3 Å². The number of H-pyrrole nitrogens is 2. The molecule has 6 nitrogen and oxygen atoms in total. The highest BCUT2D eigenvalue weighted by atomic mass is 79.9. The van der Waals surface area contributed by atoms with E-state index in [4.69, 9.17) is 17.3 Å². The van der Waals surface area contributed by atoms with Gasteiger partial charge in [0.1, 0.15) is 5.82 Å². The number of aromatic nitrogens is 4. The molecule has 1 aromatic carbocycles. The lowest BCUT2D eigenvalue weighted by Gasteiger charge is -2.00. The van der Waals surface area contributed by atoms with Gasteiger partial charge in [0.25, 0.3) is 5.56 Å². The predicted octanol–water partition coefficient (Wildman–Crippen LogP) is 2.31. The summed E-state index contributed by atoms with van der Waals surface area (Å²) < 4.78 is 0.767. The van der Waals surface area contributed by atoms with E-state index in [-0.39, 0.29) is 22.7 Å². The molecule has 3 rings (SSSR count). The van der Waals surface area contributed by atoms with E-state index in [1.54, 1.807) is 18.2 Å². The zero-order valence-electron chi connectivity index (χ0n) is 9.37. The van der Waals surface area contributed by atoms with Crippen molar-refractivity contribution < 1.29 is 0 Å². The van der Waals surface area contributed by atoms with Crippen LogP contribution in [0.1, 0.15) is 0 Å². The van der Waals surface area contributed by atoms with E-state index in [0.29, 0.717) is 10.8 Å². The summed E-state index contributed by atoms with van der Waals surface area (Å²) in [4.78, 5) is 25.3. The maximum absolute atomic E-state index is 11.7. The standard InChI is InChI=1S/C11H7BrClN5O/c12-6-3-4(13)1-2-5(6)8-15-7-9(16-8)17-11(14)18-10(7)19/h1-3H,(H4,14,15,16,17,18,19). The molecule has 0 unspecified atom stereocenters. The minimum Gasteiger partial charge on any atom is -0.369 e. The molecular weight excluding hydrogens is 334 g/mol. The highest BCUT2D eigenvalue weighted by Gasteiger charge is 2.12. The van der Waals surface area contributed by atoms with Crippen molar-refractivity contribution in [2.24, 2.45) is 0 Å². The number of hydrogen-bond acceptors (Lipinski definition) is 4. The fourth-order valence-electron chi connectivity index (χ4n) is 1.73. The van der Waals surface area contributed by atoms with Gasteiger partial charge >= 0.3 is 0 Å². The van der Waals surface area contributed by atoms with Crippen molar-refractivity contribution in [1.82, 2.24) is 19.9 Å². The number of aromatic amines is 2. The van der Waals surface area contributed by atoms with E-state index >= 15 is 0 Å². The SMILES string of the molecule is Nc1nc2nc(-c3ccc(Cl)cc3Br)[nH]c2c(=O)[nH]1. The first kappa shape index (κ1) is 12.2. The minimum absolute atomic E-state index is 0.0331. The number of hydrogen-bond donors (Lipinski definition) is 3. The fourth-order valence-corrected chi connectivity index (χ4v) is 2.60. The Morgan fingerprint density at radius 3 is 2.79 bits per heavy atom. The van der Waals surface area contributed by atoms with Crippen LogP contribution in [0.25, 0.3) is 22.6 Å². The van der Waals surface area contributed by atoms with Crippen LogP contribution in [-0.2, 0) is 0 Å². The van der Waals surface area contributed by atoms with Gasteiger partial charge in [0.2, 0.25) is 5.95 Å². The van der Waals surface area contributed by atoms with Crippen molar-refractivity contribution >= 4 is 44.6 Å².